The molecule has 2 aromatic carbocycles. The molecule has 3 nitrogen and oxygen atoms in total. The molecule has 0 fully saturated rings. The maximum Gasteiger partial charge on any atom is 0.224 e. The quantitative estimate of drug-likeness (QED) is 0.714. The maximum atomic E-state index is 13.0. The van der Waals surface area contributed by atoms with Gasteiger partial charge in [0.05, 0.1) is 6.54 Å². The number of hydrogen-bond donors (Lipinski definition) is 1. The van der Waals surface area contributed by atoms with E-state index in [-0.39, 0.29) is 11.7 Å². The fraction of sp³-hybridized carbons (Fsp3) is 0.286. The van der Waals surface area contributed by atoms with Gasteiger partial charge in [-0.05, 0) is 48.4 Å². The molecule has 0 atom stereocenters. The molecule has 2 aromatic rings. The molecule has 1 amide bonds. The van der Waals surface area contributed by atoms with Crippen molar-refractivity contribution in [3.8, 4) is 12.3 Å². The standard InChI is InChI=1S/C21H23FN2O/c1-3-5-6-21(25)23-19-11-13-20(14-12-19)24(15-4-2)16-17-7-9-18(22)10-8-17/h2,7-14H,3,5-6,15-16H2,1H3,(H,23,25). The van der Waals surface area contributed by atoms with E-state index in [1.165, 1.54) is 12.1 Å². The van der Waals surface area contributed by atoms with E-state index in [9.17, 15) is 9.18 Å². The van der Waals surface area contributed by atoms with E-state index in [2.05, 4.69) is 18.2 Å². The highest BCUT2D eigenvalue weighted by Gasteiger charge is 2.08. The molecule has 130 valence electrons. The van der Waals surface area contributed by atoms with Crippen LogP contribution in [0.5, 0.6) is 0 Å². The lowest BCUT2D eigenvalue weighted by Crippen LogP contribution is -2.23. The summed E-state index contributed by atoms with van der Waals surface area (Å²) in [7, 11) is 0. The van der Waals surface area contributed by atoms with Crippen LogP contribution in [0.3, 0.4) is 0 Å². The maximum absolute atomic E-state index is 13.0. The minimum absolute atomic E-state index is 0.0291. The zero-order valence-corrected chi connectivity index (χ0v) is 14.5. The van der Waals surface area contributed by atoms with Gasteiger partial charge in [0.1, 0.15) is 5.82 Å². The van der Waals surface area contributed by atoms with E-state index in [4.69, 9.17) is 6.42 Å². The van der Waals surface area contributed by atoms with Gasteiger partial charge in [-0.3, -0.25) is 4.79 Å². The van der Waals surface area contributed by atoms with E-state index >= 15 is 0 Å². The van der Waals surface area contributed by atoms with E-state index in [0.717, 1.165) is 29.8 Å². The molecule has 0 heterocycles. The third-order valence-electron chi connectivity index (χ3n) is 3.84. The Morgan fingerprint density at radius 2 is 1.84 bits per heavy atom. The van der Waals surface area contributed by atoms with Gasteiger partial charge in [0.15, 0.2) is 0 Å². The molecule has 0 bridgehead atoms. The highest BCUT2D eigenvalue weighted by atomic mass is 19.1. The Balaban J connectivity index is 2.04. The number of hydrogen-bond acceptors (Lipinski definition) is 2. The predicted molar refractivity (Wildman–Crippen MR) is 101 cm³/mol. The number of benzene rings is 2. The number of rotatable bonds is 8. The van der Waals surface area contributed by atoms with Crippen LogP contribution in [0, 0.1) is 18.2 Å². The van der Waals surface area contributed by atoms with Gasteiger partial charge in [-0.25, -0.2) is 4.39 Å². The van der Waals surface area contributed by atoms with Crippen molar-refractivity contribution < 1.29 is 9.18 Å². The third kappa shape index (κ3) is 5.96. The lowest BCUT2D eigenvalue weighted by Gasteiger charge is -2.23. The summed E-state index contributed by atoms with van der Waals surface area (Å²) in [4.78, 5) is 13.8. The van der Waals surface area contributed by atoms with Crippen molar-refractivity contribution in [2.45, 2.75) is 32.7 Å². The number of terminal acetylenes is 1. The van der Waals surface area contributed by atoms with E-state index in [1.54, 1.807) is 12.1 Å². The smallest absolute Gasteiger partial charge is 0.224 e. The summed E-state index contributed by atoms with van der Waals surface area (Å²) < 4.78 is 13.0. The van der Waals surface area contributed by atoms with Crippen LogP contribution >= 0.6 is 0 Å². The molecule has 0 radical (unpaired) electrons. The number of halogens is 1. The number of nitrogens with one attached hydrogen (secondary N) is 1. The summed E-state index contributed by atoms with van der Waals surface area (Å²) in [6, 6.07) is 14.0. The molecule has 0 saturated carbocycles. The summed E-state index contributed by atoms with van der Waals surface area (Å²) in [6.45, 7) is 3.09. The van der Waals surface area contributed by atoms with Gasteiger partial charge in [0, 0.05) is 24.3 Å². The summed E-state index contributed by atoms with van der Waals surface area (Å²) in [5, 5.41) is 2.89. The van der Waals surface area contributed by atoms with Crippen molar-refractivity contribution in [3.05, 3.63) is 59.9 Å². The molecule has 0 unspecified atom stereocenters. The van der Waals surface area contributed by atoms with Crippen LogP contribution in [0.4, 0.5) is 15.8 Å². The topological polar surface area (TPSA) is 32.3 Å². The van der Waals surface area contributed by atoms with Crippen molar-refractivity contribution in [2.75, 3.05) is 16.8 Å². The molecule has 4 heteroatoms. The van der Waals surface area contributed by atoms with Crippen molar-refractivity contribution in [1.29, 1.82) is 0 Å². The van der Waals surface area contributed by atoms with Crippen LogP contribution in [0.2, 0.25) is 0 Å². The number of nitrogens with zero attached hydrogens (tertiary/aromatic N) is 1. The SMILES string of the molecule is C#CCN(Cc1ccc(F)cc1)c1ccc(NC(=O)CCCC)cc1. The molecule has 1 N–H and O–H groups in total. The average molecular weight is 338 g/mol. The first kappa shape index (κ1) is 18.5. The van der Waals surface area contributed by atoms with Gasteiger partial charge in [-0.15, -0.1) is 6.42 Å². The molecule has 25 heavy (non-hydrogen) atoms. The molecule has 0 aromatic heterocycles. The lowest BCUT2D eigenvalue weighted by molar-refractivity contribution is -0.116. The Kier molecular flexibility index (Phi) is 7.03. The highest BCUT2D eigenvalue weighted by molar-refractivity contribution is 5.90. The van der Waals surface area contributed by atoms with Crippen molar-refractivity contribution in [1.82, 2.24) is 0 Å². The summed E-state index contributed by atoms with van der Waals surface area (Å²) >= 11 is 0. The van der Waals surface area contributed by atoms with Crippen LogP contribution in [0.25, 0.3) is 0 Å². The Morgan fingerprint density at radius 3 is 2.44 bits per heavy atom. The van der Waals surface area contributed by atoms with Crippen LogP contribution < -0.4 is 10.2 Å². The zero-order chi connectivity index (χ0) is 18.1. The summed E-state index contributed by atoms with van der Waals surface area (Å²) in [6.07, 6.45) is 7.90. The second-order valence-electron chi connectivity index (χ2n) is 5.89. The first-order chi connectivity index (χ1) is 12.1. The number of carbonyl (C=O) groups is 1. The number of unbranched alkanes of at least 4 members (excludes halogenated alkanes) is 1. The first-order valence-electron chi connectivity index (χ1n) is 8.45. The second-order valence-corrected chi connectivity index (χ2v) is 5.89. The number of carbonyl (C=O) groups excluding carboxylic acids is 1. The van der Waals surface area contributed by atoms with Gasteiger partial charge in [0.2, 0.25) is 5.91 Å². The van der Waals surface area contributed by atoms with Crippen molar-refractivity contribution in [3.63, 3.8) is 0 Å². The van der Waals surface area contributed by atoms with E-state index in [1.807, 2.05) is 29.2 Å². The summed E-state index contributed by atoms with van der Waals surface area (Å²) in [5.41, 5.74) is 2.70. The Labute approximate surface area is 148 Å². The van der Waals surface area contributed by atoms with E-state index in [0.29, 0.717) is 19.5 Å². The molecular formula is C21H23FN2O. The zero-order valence-electron chi connectivity index (χ0n) is 14.5. The molecular weight excluding hydrogens is 315 g/mol. The first-order valence-corrected chi connectivity index (χ1v) is 8.45. The van der Waals surface area contributed by atoms with Gasteiger partial charge in [0.25, 0.3) is 0 Å². The average Bonchev–Trinajstić information content (AvgIpc) is 2.62. The fourth-order valence-corrected chi connectivity index (χ4v) is 2.48. The minimum Gasteiger partial charge on any atom is -0.356 e. The Bertz CT molecular complexity index is 717. The van der Waals surface area contributed by atoms with Gasteiger partial charge < -0.3 is 10.2 Å². The van der Waals surface area contributed by atoms with Crippen molar-refractivity contribution >= 4 is 17.3 Å². The Morgan fingerprint density at radius 1 is 1.16 bits per heavy atom. The third-order valence-corrected chi connectivity index (χ3v) is 3.84. The number of amides is 1. The molecule has 0 saturated heterocycles. The van der Waals surface area contributed by atoms with Crippen LogP contribution in [0.1, 0.15) is 31.7 Å². The normalized spacial score (nSPS) is 10.1. The molecule has 2 rings (SSSR count). The monoisotopic (exact) mass is 338 g/mol. The molecule has 0 aliphatic carbocycles. The fourth-order valence-electron chi connectivity index (χ4n) is 2.48. The largest absolute Gasteiger partial charge is 0.356 e. The number of anilines is 2. The van der Waals surface area contributed by atoms with Crippen LogP contribution in [0.15, 0.2) is 48.5 Å². The predicted octanol–water partition coefficient (Wildman–Crippen LogP) is 4.59. The van der Waals surface area contributed by atoms with Crippen LogP contribution in [-0.2, 0) is 11.3 Å². The van der Waals surface area contributed by atoms with Gasteiger partial charge in [-0.1, -0.05) is 31.4 Å². The molecule has 0 aliphatic rings. The molecule has 0 spiro atoms. The lowest BCUT2D eigenvalue weighted by atomic mass is 10.2. The minimum atomic E-state index is -0.254. The van der Waals surface area contributed by atoms with E-state index < -0.39 is 0 Å². The van der Waals surface area contributed by atoms with Gasteiger partial charge >= 0.3 is 0 Å². The Hall–Kier alpha value is -2.80. The summed E-state index contributed by atoms with van der Waals surface area (Å²) in [5.74, 6) is 2.42. The second kappa shape index (κ2) is 9.48. The molecule has 0 aliphatic heterocycles. The van der Waals surface area contributed by atoms with Crippen molar-refractivity contribution in [2.24, 2.45) is 0 Å². The van der Waals surface area contributed by atoms with Gasteiger partial charge in [-0.2, -0.15) is 0 Å². The highest BCUT2D eigenvalue weighted by Crippen LogP contribution is 2.20. The van der Waals surface area contributed by atoms with Crippen LogP contribution in [-0.4, -0.2) is 12.5 Å².